The second kappa shape index (κ2) is 4.60. The van der Waals surface area contributed by atoms with Gasteiger partial charge in [-0.1, -0.05) is 12.8 Å². The third-order valence-corrected chi connectivity index (χ3v) is 3.54. The SMILES string of the molecule is CC1CN(C2CCCC2)CC(CO)N1. The molecule has 0 amide bonds. The van der Waals surface area contributed by atoms with Crippen LogP contribution in [-0.4, -0.2) is 47.8 Å². The molecule has 2 N–H and O–H groups in total. The van der Waals surface area contributed by atoms with Crippen molar-refractivity contribution in [3.63, 3.8) is 0 Å². The number of aliphatic hydroxyl groups is 1. The van der Waals surface area contributed by atoms with E-state index in [1.54, 1.807) is 0 Å². The molecule has 2 rings (SSSR count). The maximum Gasteiger partial charge on any atom is 0.0597 e. The topological polar surface area (TPSA) is 35.5 Å². The first kappa shape index (κ1) is 10.4. The van der Waals surface area contributed by atoms with E-state index in [0.29, 0.717) is 12.1 Å². The highest BCUT2D eigenvalue weighted by molar-refractivity contribution is 4.88. The van der Waals surface area contributed by atoms with Crippen molar-refractivity contribution < 1.29 is 5.11 Å². The molecule has 0 aromatic carbocycles. The molecule has 2 unspecified atom stereocenters. The molecule has 0 radical (unpaired) electrons. The van der Waals surface area contributed by atoms with Crippen molar-refractivity contribution in [3.8, 4) is 0 Å². The molecule has 82 valence electrons. The molecule has 3 heteroatoms. The van der Waals surface area contributed by atoms with Crippen molar-refractivity contribution in [2.45, 2.75) is 50.7 Å². The van der Waals surface area contributed by atoms with Gasteiger partial charge < -0.3 is 10.4 Å². The first-order chi connectivity index (χ1) is 6.79. The number of nitrogens with one attached hydrogen (secondary N) is 1. The summed E-state index contributed by atoms with van der Waals surface area (Å²) >= 11 is 0. The van der Waals surface area contributed by atoms with Crippen LogP contribution in [0.1, 0.15) is 32.6 Å². The molecule has 0 aromatic rings. The van der Waals surface area contributed by atoms with Crippen LogP contribution >= 0.6 is 0 Å². The fraction of sp³-hybridized carbons (Fsp3) is 1.00. The minimum atomic E-state index is 0.271. The molecule has 3 nitrogen and oxygen atoms in total. The summed E-state index contributed by atoms with van der Waals surface area (Å²) in [7, 11) is 0. The molecule has 2 fully saturated rings. The van der Waals surface area contributed by atoms with Crippen molar-refractivity contribution in [3.05, 3.63) is 0 Å². The summed E-state index contributed by atoms with van der Waals surface area (Å²) < 4.78 is 0. The Kier molecular flexibility index (Phi) is 3.42. The van der Waals surface area contributed by atoms with Crippen LogP contribution < -0.4 is 5.32 Å². The molecule has 2 atom stereocenters. The van der Waals surface area contributed by atoms with Gasteiger partial charge in [-0.05, 0) is 19.8 Å². The van der Waals surface area contributed by atoms with E-state index in [1.807, 2.05) is 0 Å². The lowest BCUT2D eigenvalue weighted by atomic mass is 10.1. The monoisotopic (exact) mass is 198 g/mol. The van der Waals surface area contributed by atoms with Crippen LogP contribution in [0.5, 0.6) is 0 Å². The summed E-state index contributed by atoms with van der Waals surface area (Å²) in [4.78, 5) is 2.58. The summed E-state index contributed by atoms with van der Waals surface area (Å²) in [6.45, 7) is 4.67. The van der Waals surface area contributed by atoms with Crippen molar-refractivity contribution in [2.75, 3.05) is 19.7 Å². The minimum absolute atomic E-state index is 0.271. The molecule has 1 saturated heterocycles. The highest BCUT2D eigenvalue weighted by atomic mass is 16.3. The number of piperazine rings is 1. The van der Waals surface area contributed by atoms with Gasteiger partial charge in [-0.15, -0.1) is 0 Å². The second-order valence-electron chi connectivity index (χ2n) is 4.84. The molecular weight excluding hydrogens is 176 g/mol. The van der Waals surface area contributed by atoms with Crippen molar-refractivity contribution >= 4 is 0 Å². The van der Waals surface area contributed by atoms with E-state index >= 15 is 0 Å². The number of nitrogens with zero attached hydrogens (tertiary/aromatic N) is 1. The predicted molar refractivity (Wildman–Crippen MR) is 57.3 cm³/mol. The standard InChI is InChI=1S/C11H22N2O/c1-9-6-13(7-10(8-14)12-9)11-4-2-3-5-11/h9-12,14H,2-8H2,1H3. The Morgan fingerprint density at radius 2 is 2.00 bits per heavy atom. The molecular formula is C11H22N2O. The second-order valence-corrected chi connectivity index (χ2v) is 4.84. The summed E-state index contributed by atoms with van der Waals surface area (Å²) in [5.74, 6) is 0. The van der Waals surface area contributed by atoms with Gasteiger partial charge in [0.2, 0.25) is 0 Å². The van der Waals surface area contributed by atoms with E-state index in [9.17, 15) is 5.11 Å². The first-order valence-corrected chi connectivity index (χ1v) is 5.90. The fourth-order valence-electron chi connectivity index (χ4n) is 2.90. The van der Waals surface area contributed by atoms with Gasteiger partial charge in [0.15, 0.2) is 0 Å². The Labute approximate surface area is 86.5 Å². The van der Waals surface area contributed by atoms with Gasteiger partial charge in [0.25, 0.3) is 0 Å². The average Bonchev–Trinajstić information content (AvgIpc) is 2.69. The van der Waals surface area contributed by atoms with Gasteiger partial charge in [0, 0.05) is 31.2 Å². The summed E-state index contributed by atoms with van der Waals surface area (Å²) in [5.41, 5.74) is 0. The third-order valence-electron chi connectivity index (χ3n) is 3.54. The maximum absolute atomic E-state index is 9.18. The van der Waals surface area contributed by atoms with E-state index in [1.165, 1.54) is 25.7 Å². The first-order valence-electron chi connectivity index (χ1n) is 5.90. The van der Waals surface area contributed by atoms with E-state index in [-0.39, 0.29) is 6.61 Å². The summed E-state index contributed by atoms with van der Waals surface area (Å²) in [6, 6.07) is 1.62. The number of hydrogen-bond acceptors (Lipinski definition) is 3. The van der Waals surface area contributed by atoms with Crippen molar-refractivity contribution in [2.24, 2.45) is 0 Å². The Morgan fingerprint density at radius 3 is 2.64 bits per heavy atom. The van der Waals surface area contributed by atoms with E-state index in [0.717, 1.165) is 19.1 Å². The van der Waals surface area contributed by atoms with Gasteiger partial charge in [-0.25, -0.2) is 0 Å². The Balaban J connectivity index is 1.90. The fourth-order valence-corrected chi connectivity index (χ4v) is 2.90. The van der Waals surface area contributed by atoms with Crippen LogP contribution in [-0.2, 0) is 0 Å². The van der Waals surface area contributed by atoms with Crippen LogP contribution in [0.15, 0.2) is 0 Å². The van der Waals surface area contributed by atoms with Crippen molar-refractivity contribution in [1.82, 2.24) is 10.2 Å². The zero-order chi connectivity index (χ0) is 9.97. The highest BCUT2D eigenvalue weighted by Gasteiger charge is 2.29. The molecule has 1 aliphatic heterocycles. The van der Waals surface area contributed by atoms with E-state index < -0.39 is 0 Å². The van der Waals surface area contributed by atoms with Gasteiger partial charge in [0.1, 0.15) is 0 Å². The number of aliphatic hydroxyl groups excluding tert-OH is 1. The quantitative estimate of drug-likeness (QED) is 0.681. The largest absolute Gasteiger partial charge is 0.395 e. The molecule has 1 saturated carbocycles. The van der Waals surface area contributed by atoms with Gasteiger partial charge in [0.05, 0.1) is 6.61 Å². The van der Waals surface area contributed by atoms with Gasteiger partial charge in [-0.3, -0.25) is 4.90 Å². The number of rotatable bonds is 2. The normalized spacial score (nSPS) is 36.4. The molecule has 0 spiro atoms. The zero-order valence-corrected chi connectivity index (χ0v) is 9.08. The average molecular weight is 198 g/mol. The molecule has 14 heavy (non-hydrogen) atoms. The smallest absolute Gasteiger partial charge is 0.0597 e. The van der Waals surface area contributed by atoms with Crippen molar-refractivity contribution in [1.29, 1.82) is 0 Å². The molecule has 1 heterocycles. The van der Waals surface area contributed by atoms with Crippen LogP contribution in [0, 0.1) is 0 Å². The molecule has 0 aromatic heterocycles. The Bertz CT molecular complexity index is 180. The lowest BCUT2D eigenvalue weighted by Crippen LogP contribution is -2.58. The van der Waals surface area contributed by atoms with Gasteiger partial charge in [-0.2, -0.15) is 0 Å². The zero-order valence-electron chi connectivity index (χ0n) is 9.08. The van der Waals surface area contributed by atoms with E-state index in [2.05, 4.69) is 17.1 Å². The van der Waals surface area contributed by atoms with E-state index in [4.69, 9.17) is 0 Å². The van der Waals surface area contributed by atoms with Gasteiger partial charge >= 0.3 is 0 Å². The Hall–Kier alpha value is -0.120. The van der Waals surface area contributed by atoms with Crippen LogP contribution in [0.2, 0.25) is 0 Å². The Morgan fingerprint density at radius 1 is 1.29 bits per heavy atom. The highest BCUT2D eigenvalue weighted by Crippen LogP contribution is 2.24. The maximum atomic E-state index is 9.18. The molecule has 1 aliphatic carbocycles. The van der Waals surface area contributed by atoms with Crippen LogP contribution in [0.3, 0.4) is 0 Å². The lowest BCUT2D eigenvalue weighted by molar-refractivity contribution is 0.0920. The summed E-state index contributed by atoms with van der Waals surface area (Å²) in [6.07, 6.45) is 5.52. The minimum Gasteiger partial charge on any atom is -0.395 e. The lowest BCUT2D eigenvalue weighted by Gasteiger charge is -2.40. The molecule has 0 bridgehead atoms. The summed E-state index contributed by atoms with van der Waals surface area (Å²) in [5, 5.41) is 12.6. The predicted octanol–water partition coefficient (Wildman–Crippen LogP) is 0.584. The van der Waals surface area contributed by atoms with Crippen LogP contribution in [0.25, 0.3) is 0 Å². The van der Waals surface area contributed by atoms with Crippen LogP contribution in [0.4, 0.5) is 0 Å². The third kappa shape index (κ3) is 2.27. The number of hydrogen-bond donors (Lipinski definition) is 2. The molecule has 2 aliphatic rings.